The number of nitrogen functional groups attached to an aromatic ring is 1. The van der Waals surface area contributed by atoms with Gasteiger partial charge in [-0.2, -0.15) is 0 Å². The van der Waals surface area contributed by atoms with E-state index in [9.17, 15) is 0 Å². The number of thiazole rings is 1. The van der Waals surface area contributed by atoms with Gasteiger partial charge in [-0.1, -0.05) is 12.1 Å². The number of hydrogen-bond acceptors (Lipinski definition) is 5. The molecule has 0 spiro atoms. The largest absolute Gasteiger partial charge is 0.497 e. The summed E-state index contributed by atoms with van der Waals surface area (Å²) in [4.78, 5) is 7.88. The van der Waals surface area contributed by atoms with Gasteiger partial charge in [-0.15, -0.1) is 11.3 Å². The third-order valence-electron chi connectivity index (χ3n) is 3.79. The number of ether oxygens (including phenoxy) is 1. The zero-order valence-corrected chi connectivity index (χ0v) is 12.4. The summed E-state index contributed by atoms with van der Waals surface area (Å²) >= 11 is 1.58. The second-order valence-corrected chi connectivity index (χ2v) is 6.21. The molecular weight excluding hydrogens is 270 g/mol. The molecule has 20 heavy (non-hydrogen) atoms. The molecule has 1 aromatic heterocycles. The third kappa shape index (κ3) is 2.78. The molecule has 106 valence electrons. The fraction of sp³-hybridized carbons (Fsp3) is 0.400. The van der Waals surface area contributed by atoms with Crippen LogP contribution in [0.25, 0.3) is 0 Å². The highest BCUT2D eigenvalue weighted by Crippen LogP contribution is 2.34. The van der Waals surface area contributed by atoms with E-state index in [1.54, 1.807) is 18.4 Å². The van der Waals surface area contributed by atoms with Gasteiger partial charge >= 0.3 is 0 Å². The summed E-state index contributed by atoms with van der Waals surface area (Å²) in [5, 5.41) is 0.653. The first kappa shape index (κ1) is 13.4. The minimum absolute atomic E-state index is 0.490. The van der Waals surface area contributed by atoms with E-state index in [0.29, 0.717) is 11.2 Å². The highest BCUT2D eigenvalue weighted by atomic mass is 32.1. The Hall–Kier alpha value is -1.59. The van der Waals surface area contributed by atoms with Gasteiger partial charge in [0.15, 0.2) is 5.13 Å². The number of methoxy groups -OCH3 is 1. The molecule has 2 heterocycles. The molecule has 0 aliphatic carbocycles. The van der Waals surface area contributed by atoms with Gasteiger partial charge in [0.25, 0.3) is 0 Å². The predicted molar refractivity (Wildman–Crippen MR) is 81.9 cm³/mol. The lowest BCUT2D eigenvalue weighted by Crippen LogP contribution is -2.22. The number of rotatable bonds is 4. The Kier molecular flexibility index (Phi) is 3.89. The summed E-state index contributed by atoms with van der Waals surface area (Å²) in [6.07, 6.45) is 4.34. The van der Waals surface area contributed by atoms with Crippen molar-refractivity contribution < 1.29 is 4.74 Å². The van der Waals surface area contributed by atoms with Crippen LogP contribution < -0.4 is 10.5 Å². The van der Waals surface area contributed by atoms with Crippen LogP contribution in [0.2, 0.25) is 0 Å². The number of aromatic nitrogens is 1. The van der Waals surface area contributed by atoms with E-state index in [-0.39, 0.29) is 0 Å². The van der Waals surface area contributed by atoms with Gasteiger partial charge in [-0.25, -0.2) is 4.98 Å². The van der Waals surface area contributed by atoms with Crippen molar-refractivity contribution in [1.29, 1.82) is 0 Å². The molecule has 0 radical (unpaired) electrons. The number of nitrogens with two attached hydrogens (primary N) is 1. The molecule has 5 heteroatoms. The minimum atomic E-state index is 0.490. The molecule has 4 nitrogen and oxygen atoms in total. The highest BCUT2D eigenvalue weighted by molar-refractivity contribution is 7.15. The van der Waals surface area contributed by atoms with Crippen LogP contribution in [0.3, 0.4) is 0 Å². The van der Waals surface area contributed by atoms with Crippen LogP contribution in [-0.2, 0) is 6.54 Å². The van der Waals surface area contributed by atoms with Crippen molar-refractivity contribution in [2.24, 2.45) is 0 Å². The second kappa shape index (κ2) is 5.81. The Morgan fingerprint density at radius 2 is 2.20 bits per heavy atom. The van der Waals surface area contributed by atoms with Gasteiger partial charge in [0.2, 0.25) is 0 Å². The lowest BCUT2D eigenvalue weighted by atomic mass is 10.0. The molecule has 0 bridgehead atoms. The SMILES string of the molecule is COc1ccc(C2CCCN2Cc2cnc(N)s2)cc1. The first-order chi connectivity index (χ1) is 9.76. The van der Waals surface area contributed by atoms with Gasteiger partial charge < -0.3 is 10.5 Å². The molecule has 1 saturated heterocycles. The van der Waals surface area contributed by atoms with Crippen LogP contribution in [0, 0.1) is 0 Å². The summed E-state index contributed by atoms with van der Waals surface area (Å²) in [5.41, 5.74) is 7.07. The van der Waals surface area contributed by atoms with Crippen LogP contribution in [-0.4, -0.2) is 23.5 Å². The molecule has 1 aliphatic rings. The standard InChI is InChI=1S/C15H19N3OS/c1-19-12-6-4-11(5-7-12)14-3-2-8-18(14)10-13-9-17-15(16)20-13/h4-7,9,14H,2-3,8,10H2,1H3,(H2,16,17). The van der Waals surface area contributed by atoms with Gasteiger partial charge in [-0.05, 0) is 37.1 Å². The topological polar surface area (TPSA) is 51.4 Å². The van der Waals surface area contributed by atoms with Crippen LogP contribution in [0.4, 0.5) is 5.13 Å². The van der Waals surface area contributed by atoms with Crippen LogP contribution >= 0.6 is 11.3 Å². The zero-order valence-electron chi connectivity index (χ0n) is 11.6. The van der Waals surface area contributed by atoms with E-state index < -0.39 is 0 Å². The van der Waals surface area contributed by atoms with Gasteiger partial charge in [0, 0.05) is 23.7 Å². The first-order valence-electron chi connectivity index (χ1n) is 6.84. The Bertz CT molecular complexity index is 567. The average molecular weight is 289 g/mol. The summed E-state index contributed by atoms with van der Waals surface area (Å²) in [7, 11) is 1.70. The molecule has 3 rings (SSSR count). The van der Waals surface area contributed by atoms with Gasteiger partial charge in [0.05, 0.1) is 7.11 Å². The number of anilines is 1. The number of likely N-dealkylation sites (tertiary alicyclic amines) is 1. The van der Waals surface area contributed by atoms with Crippen molar-refractivity contribution >= 4 is 16.5 Å². The predicted octanol–water partition coefficient (Wildman–Crippen LogP) is 3.07. The van der Waals surface area contributed by atoms with Crippen molar-refractivity contribution in [1.82, 2.24) is 9.88 Å². The van der Waals surface area contributed by atoms with Gasteiger partial charge in [0.1, 0.15) is 5.75 Å². The second-order valence-electron chi connectivity index (χ2n) is 5.07. The number of benzene rings is 1. The van der Waals surface area contributed by atoms with E-state index in [1.165, 1.54) is 23.3 Å². The summed E-state index contributed by atoms with van der Waals surface area (Å²) in [5.74, 6) is 0.911. The molecule has 1 aromatic carbocycles. The summed E-state index contributed by atoms with van der Waals surface area (Å²) < 4.78 is 5.22. The molecule has 1 aliphatic heterocycles. The molecule has 1 unspecified atom stereocenters. The molecule has 0 saturated carbocycles. The molecule has 1 fully saturated rings. The average Bonchev–Trinajstić information content (AvgIpc) is 3.09. The lowest BCUT2D eigenvalue weighted by molar-refractivity contribution is 0.250. The van der Waals surface area contributed by atoms with E-state index in [0.717, 1.165) is 18.8 Å². The van der Waals surface area contributed by atoms with E-state index in [1.807, 2.05) is 18.3 Å². The summed E-state index contributed by atoms with van der Waals surface area (Å²) in [6.45, 7) is 2.07. The van der Waals surface area contributed by atoms with Crippen LogP contribution in [0.1, 0.15) is 29.3 Å². The van der Waals surface area contributed by atoms with Gasteiger partial charge in [-0.3, -0.25) is 4.90 Å². The molecule has 1 atom stereocenters. The maximum Gasteiger partial charge on any atom is 0.180 e. The number of hydrogen-bond donors (Lipinski definition) is 1. The maximum atomic E-state index is 5.71. The van der Waals surface area contributed by atoms with Crippen LogP contribution in [0.15, 0.2) is 30.5 Å². The van der Waals surface area contributed by atoms with E-state index in [4.69, 9.17) is 10.5 Å². The molecule has 2 N–H and O–H groups in total. The quantitative estimate of drug-likeness (QED) is 0.940. The molecule has 2 aromatic rings. The van der Waals surface area contributed by atoms with Crippen molar-refractivity contribution in [3.8, 4) is 5.75 Å². The highest BCUT2D eigenvalue weighted by Gasteiger charge is 2.26. The van der Waals surface area contributed by atoms with Crippen LogP contribution in [0.5, 0.6) is 5.75 Å². The van der Waals surface area contributed by atoms with Crippen molar-refractivity contribution in [3.05, 3.63) is 40.9 Å². The molecular formula is C15H19N3OS. The molecule has 0 amide bonds. The third-order valence-corrected chi connectivity index (χ3v) is 4.61. The fourth-order valence-corrected chi connectivity index (χ4v) is 3.52. The van der Waals surface area contributed by atoms with E-state index in [2.05, 4.69) is 22.0 Å². The maximum absolute atomic E-state index is 5.71. The Labute approximate surface area is 123 Å². The Balaban J connectivity index is 1.74. The van der Waals surface area contributed by atoms with E-state index >= 15 is 0 Å². The zero-order chi connectivity index (χ0) is 13.9. The summed E-state index contributed by atoms with van der Waals surface area (Å²) in [6, 6.07) is 8.91. The van der Waals surface area contributed by atoms with Crippen molar-refractivity contribution in [2.45, 2.75) is 25.4 Å². The Morgan fingerprint density at radius 3 is 2.85 bits per heavy atom. The van der Waals surface area contributed by atoms with Crippen molar-refractivity contribution in [2.75, 3.05) is 19.4 Å². The lowest BCUT2D eigenvalue weighted by Gasteiger charge is -2.24. The Morgan fingerprint density at radius 1 is 1.40 bits per heavy atom. The fourth-order valence-electron chi connectivity index (χ4n) is 2.81. The number of nitrogens with zero attached hydrogens (tertiary/aromatic N) is 2. The van der Waals surface area contributed by atoms with Crippen molar-refractivity contribution in [3.63, 3.8) is 0 Å². The first-order valence-corrected chi connectivity index (χ1v) is 7.66. The monoisotopic (exact) mass is 289 g/mol. The smallest absolute Gasteiger partial charge is 0.180 e. The normalized spacial score (nSPS) is 19.4. The minimum Gasteiger partial charge on any atom is -0.497 e.